The van der Waals surface area contributed by atoms with Crippen molar-refractivity contribution in [2.24, 2.45) is 0 Å². The summed E-state index contributed by atoms with van der Waals surface area (Å²) in [5, 5.41) is 2.94. The molecule has 0 spiro atoms. The Morgan fingerprint density at radius 3 is 2.52 bits per heavy atom. The average molecular weight is 313 g/mol. The van der Waals surface area contributed by atoms with Crippen molar-refractivity contribution in [3.8, 4) is 11.5 Å². The first-order valence-electron chi connectivity index (χ1n) is 7.72. The molecule has 0 radical (unpaired) electrons. The van der Waals surface area contributed by atoms with Crippen LogP contribution >= 0.6 is 0 Å². The molecule has 4 nitrogen and oxygen atoms in total. The molecular formula is C19H23NO3. The van der Waals surface area contributed by atoms with E-state index in [1.165, 1.54) is 5.56 Å². The minimum Gasteiger partial charge on any atom is -0.497 e. The molecule has 23 heavy (non-hydrogen) atoms. The molecule has 2 rings (SSSR count). The van der Waals surface area contributed by atoms with E-state index in [9.17, 15) is 4.79 Å². The van der Waals surface area contributed by atoms with Crippen molar-refractivity contribution in [2.75, 3.05) is 12.4 Å². The lowest BCUT2D eigenvalue weighted by Crippen LogP contribution is -2.32. The third kappa shape index (κ3) is 4.49. The smallest absolute Gasteiger partial charge is 0.265 e. The summed E-state index contributed by atoms with van der Waals surface area (Å²) < 4.78 is 11.0. The SMILES string of the molecule is CCC(Oc1cccc(OC)c1)C(=O)Nc1ccc(C)cc1C. The Morgan fingerprint density at radius 2 is 1.87 bits per heavy atom. The van der Waals surface area contributed by atoms with Crippen LogP contribution in [0, 0.1) is 13.8 Å². The van der Waals surface area contributed by atoms with E-state index in [2.05, 4.69) is 5.32 Å². The fraction of sp³-hybridized carbons (Fsp3) is 0.316. The minimum atomic E-state index is -0.553. The first-order valence-corrected chi connectivity index (χ1v) is 7.72. The monoisotopic (exact) mass is 313 g/mol. The first-order chi connectivity index (χ1) is 11.0. The molecule has 122 valence electrons. The van der Waals surface area contributed by atoms with Gasteiger partial charge < -0.3 is 14.8 Å². The zero-order valence-corrected chi connectivity index (χ0v) is 14.1. The van der Waals surface area contributed by atoms with Crippen LogP contribution in [-0.4, -0.2) is 19.1 Å². The largest absolute Gasteiger partial charge is 0.497 e. The Balaban J connectivity index is 2.08. The van der Waals surface area contributed by atoms with E-state index in [0.717, 1.165) is 11.3 Å². The highest BCUT2D eigenvalue weighted by atomic mass is 16.5. The summed E-state index contributed by atoms with van der Waals surface area (Å²) in [4.78, 5) is 12.5. The molecule has 0 fully saturated rings. The van der Waals surface area contributed by atoms with Crippen molar-refractivity contribution >= 4 is 11.6 Å². The van der Waals surface area contributed by atoms with Gasteiger partial charge in [-0.15, -0.1) is 0 Å². The highest BCUT2D eigenvalue weighted by Gasteiger charge is 2.19. The number of aryl methyl sites for hydroxylation is 2. The second kappa shape index (κ2) is 7.68. The van der Waals surface area contributed by atoms with E-state index in [0.29, 0.717) is 17.9 Å². The molecule has 1 N–H and O–H groups in total. The predicted octanol–water partition coefficient (Wildman–Crippen LogP) is 4.11. The number of benzene rings is 2. The number of rotatable bonds is 6. The molecule has 1 amide bonds. The standard InChI is InChI=1S/C19H23NO3/c1-5-18(23-16-8-6-7-15(12-16)22-4)19(21)20-17-10-9-13(2)11-14(17)3/h6-12,18H,5H2,1-4H3,(H,20,21). The van der Waals surface area contributed by atoms with Crippen LogP contribution in [0.15, 0.2) is 42.5 Å². The lowest BCUT2D eigenvalue weighted by molar-refractivity contribution is -0.122. The van der Waals surface area contributed by atoms with Gasteiger partial charge in [0.1, 0.15) is 11.5 Å². The summed E-state index contributed by atoms with van der Waals surface area (Å²) in [7, 11) is 1.60. The molecule has 0 aliphatic rings. The van der Waals surface area contributed by atoms with Crippen LogP contribution in [0.2, 0.25) is 0 Å². The molecule has 2 aromatic rings. The fourth-order valence-electron chi connectivity index (χ4n) is 2.33. The second-order valence-corrected chi connectivity index (χ2v) is 5.50. The number of hydrogen-bond acceptors (Lipinski definition) is 3. The van der Waals surface area contributed by atoms with Crippen LogP contribution in [0.3, 0.4) is 0 Å². The highest BCUT2D eigenvalue weighted by Crippen LogP contribution is 2.22. The maximum atomic E-state index is 12.5. The van der Waals surface area contributed by atoms with Crippen LogP contribution in [0.25, 0.3) is 0 Å². The minimum absolute atomic E-state index is 0.151. The number of carbonyl (C=O) groups is 1. The van der Waals surface area contributed by atoms with Gasteiger partial charge in [-0.1, -0.05) is 30.7 Å². The van der Waals surface area contributed by atoms with Gasteiger partial charge in [-0.05, 0) is 44.0 Å². The van der Waals surface area contributed by atoms with Crippen molar-refractivity contribution in [1.29, 1.82) is 0 Å². The van der Waals surface area contributed by atoms with Crippen molar-refractivity contribution in [3.63, 3.8) is 0 Å². The summed E-state index contributed by atoms with van der Waals surface area (Å²) in [6.07, 6.45) is 0.0244. The number of hydrogen-bond donors (Lipinski definition) is 1. The summed E-state index contributed by atoms with van der Waals surface area (Å²) >= 11 is 0. The van der Waals surface area contributed by atoms with Crippen molar-refractivity contribution in [3.05, 3.63) is 53.6 Å². The number of amides is 1. The third-order valence-corrected chi connectivity index (χ3v) is 3.62. The Bertz CT molecular complexity index is 682. The topological polar surface area (TPSA) is 47.6 Å². The normalized spacial score (nSPS) is 11.7. The number of nitrogens with one attached hydrogen (secondary N) is 1. The first kappa shape index (κ1) is 16.9. The van der Waals surface area contributed by atoms with Crippen LogP contribution < -0.4 is 14.8 Å². The van der Waals surface area contributed by atoms with Gasteiger partial charge in [0.25, 0.3) is 5.91 Å². The lowest BCUT2D eigenvalue weighted by Gasteiger charge is -2.18. The molecule has 2 aromatic carbocycles. The number of carbonyl (C=O) groups excluding carboxylic acids is 1. The van der Waals surface area contributed by atoms with Crippen LogP contribution in [0.5, 0.6) is 11.5 Å². The zero-order chi connectivity index (χ0) is 16.8. The quantitative estimate of drug-likeness (QED) is 0.873. The average Bonchev–Trinajstić information content (AvgIpc) is 2.55. The molecule has 1 unspecified atom stereocenters. The number of ether oxygens (including phenoxy) is 2. The van der Waals surface area contributed by atoms with E-state index >= 15 is 0 Å². The Morgan fingerprint density at radius 1 is 1.13 bits per heavy atom. The molecule has 4 heteroatoms. The van der Waals surface area contributed by atoms with Crippen LogP contribution in [0.4, 0.5) is 5.69 Å². The molecular weight excluding hydrogens is 290 g/mol. The van der Waals surface area contributed by atoms with Crippen molar-refractivity contribution in [1.82, 2.24) is 0 Å². The van der Waals surface area contributed by atoms with Crippen molar-refractivity contribution < 1.29 is 14.3 Å². The van der Waals surface area contributed by atoms with Gasteiger partial charge in [-0.2, -0.15) is 0 Å². The van der Waals surface area contributed by atoms with Gasteiger partial charge in [0.05, 0.1) is 7.11 Å². The Hall–Kier alpha value is -2.49. The van der Waals surface area contributed by atoms with E-state index in [1.54, 1.807) is 13.2 Å². The molecule has 0 saturated heterocycles. The molecule has 0 aromatic heterocycles. The molecule has 1 atom stereocenters. The lowest BCUT2D eigenvalue weighted by atomic mass is 10.1. The van der Waals surface area contributed by atoms with Crippen LogP contribution in [-0.2, 0) is 4.79 Å². The Kier molecular flexibility index (Phi) is 5.63. The fourth-order valence-corrected chi connectivity index (χ4v) is 2.33. The molecule has 0 bridgehead atoms. The van der Waals surface area contributed by atoms with Crippen molar-refractivity contribution in [2.45, 2.75) is 33.3 Å². The van der Waals surface area contributed by atoms with Gasteiger partial charge in [0.2, 0.25) is 0 Å². The van der Waals surface area contributed by atoms with Gasteiger partial charge >= 0.3 is 0 Å². The summed E-state index contributed by atoms with van der Waals surface area (Å²) in [5.74, 6) is 1.17. The summed E-state index contributed by atoms with van der Waals surface area (Å²) in [5.41, 5.74) is 3.02. The van der Waals surface area contributed by atoms with Gasteiger partial charge in [0, 0.05) is 11.8 Å². The Labute approximate surface area is 137 Å². The molecule has 0 heterocycles. The second-order valence-electron chi connectivity index (χ2n) is 5.50. The summed E-state index contributed by atoms with van der Waals surface area (Å²) in [6, 6.07) is 13.2. The van der Waals surface area contributed by atoms with Gasteiger partial charge in [-0.25, -0.2) is 0 Å². The summed E-state index contributed by atoms with van der Waals surface area (Å²) in [6.45, 7) is 5.93. The van der Waals surface area contributed by atoms with E-state index in [1.807, 2.05) is 57.2 Å². The maximum absolute atomic E-state index is 12.5. The predicted molar refractivity (Wildman–Crippen MR) is 92.2 cm³/mol. The van der Waals surface area contributed by atoms with E-state index < -0.39 is 6.10 Å². The van der Waals surface area contributed by atoms with E-state index in [4.69, 9.17) is 9.47 Å². The number of methoxy groups -OCH3 is 1. The molecule has 0 saturated carbocycles. The highest BCUT2D eigenvalue weighted by molar-refractivity contribution is 5.95. The van der Waals surface area contributed by atoms with Gasteiger partial charge in [-0.3, -0.25) is 4.79 Å². The maximum Gasteiger partial charge on any atom is 0.265 e. The van der Waals surface area contributed by atoms with Crippen LogP contribution in [0.1, 0.15) is 24.5 Å². The molecule has 0 aliphatic carbocycles. The molecule has 0 aliphatic heterocycles. The zero-order valence-electron chi connectivity index (χ0n) is 14.1. The van der Waals surface area contributed by atoms with Gasteiger partial charge in [0.15, 0.2) is 6.10 Å². The van der Waals surface area contributed by atoms with E-state index in [-0.39, 0.29) is 5.91 Å². The third-order valence-electron chi connectivity index (χ3n) is 3.62. The number of anilines is 1.